The maximum absolute atomic E-state index is 12.4. The van der Waals surface area contributed by atoms with E-state index in [9.17, 15) is 4.79 Å². The fourth-order valence-electron chi connectivity index (χ4n) is 3.19. The number of nitrogens with zero attached hydrogens (tertiary/aromatic N) is 5. The molecule has 0 aliphatic rings. The third kappa shape index (κ3) is 6.70. The second-order valence-electron chi connectivity index (χ2n) is 7.74. The van der Waals surface area contributed by atoms with Crippen molar-refractivity contribution in [2.75, 3.05) is 24.7 Å². The predicted octanol–water partition coefficient (Wildman–Crippen LogP) is 4.15. The third-order valence-corrected chi connectivity index (χ3v) is 5.90. The number of amides is 1. The van der Waals surface area contributed by atoms with Gasteiger partial charge >= 0.3 is 0 Å². The van der Waals surface area contributed by atoms with E-state index in [-0.39, 0.29) is 18.3 Å². The molecule has 0 spiro atoms. The molecule has 0 saturated carbocycles. The highest BCUT2D eigenvalue weighted by atomic mass is 32.2. The lowest BCUT2D eigenvalue weighted by molar-refractivity contribution is -0.118. The Morgan fingerprint density at radius 2 is 1.69 bits per heavy atom. The van der Waals surface area contributed by atoms with Crippen molar-refractivity contribution < 1.29 is 9.53 Å². The van der Waals surface area contributed by atoms with Gasteiger partial charge in [-0.3, -0.25) is 9.36 Å². The van der Waals surface area contributed by atoms with Crippen LogP contribution in [0.25, 0.3) is 5.69 Å². The number of aromatic nitrogens is 3. The van der Waals surface area contributed by atoms with Crippen molar-refractivity contribution in [3.05, 3.63) is 96.3 Å². The van der Waals surface area contributed by atoms with Gasteiger partial charge in [-0.25, -0.2) is 5.43 Å². The second-order valence-corrected chi connectivity index (χ2v) is 8.68. The van der Waals surface area contributed by atoms with E-state index in [2.05, 4.69) is 20.7 Å². The molecule has 0 aliphatic carbocycles. The number of rotatable bonds is 10. The van der Waals surface area contributed by atoms with Gasteiger partial charge in [-0.1, -0.05) is 60.3 Å². The average Bonchev–Trinajstić information content (AvgIpc) is 3.30. The van der Waals surface area contributed by atoms with Crippen LogP contribution in [0.5, 0.6) is 5.75 Å². The summed E-state index contributed by atoms with van der Waals surface area (Å²) in [5.74, 6) is 1.29. The van der Waals surface area contributed by atoms with Crippen molar-refractivity contribution in [1.82, 2.24) is 20.2 Å². The van der Waals surface area contributed by atoms with E-state index in [0.717, 1.165) is 22.7 Å². The summed E-state index contributed by atoms with van der Waals surface area (Å²) in [5, 5.41) is 13.3. The zero-order valence-electron chi connectivity index (χ0n) is 19.5. The maximum atomic E-state index is 12.4. The Bertz CT molecular complexity index is 1260. The zero-order chi connectivity index (χ0) is 24.5. The minimum atomic E-state index is -0.235. The molecule has 0 fully saturated rings. The van der Waals surface area contributed by atoms with Crippen LogP contribution < -0.4 is 15.1 Å². The third-order valence-electron chi connectivity index (χ3n) is 4.97. The smallest absolute Gasteiger partial charge is 0.250 e. The van der Waals surface area contributed by atoms with Crippen LogP contribution in [0.2, 0.25) is 0 Å². The minimum Gasteiger partial charge on any atom is -0.486 e. The summed E-state index contributed by atoms with van der Waals surface area (Å²) in [5.41, 5.74) is 5.46. The van der Waals surface area contributed by atoms with E-state index in [1.165, 1.54) is 11.8 Å². The van der Waals surface area contributed by atoms with Gasteiger partial charge in [0.2, 0.25) is 0 Å². The van der Waals surface area contributed by atoms with Crippen LogP contribution in [0.1, 0.15) is 11.4 Å². The normalized spacial score (nSPS) is 10.9. The number of para-hydroxylation sites is 2. The van der Waals surface area contributed by atoms with Gasteiger partial charge in [0.05, 0.1) is 12.0 Å². The van der Waals surface area contributed by atoms with E-state index in [4.69, 9.17) is 4.74 Å². The van der Waals surface area contributed by atoms with Gasteiger partial charge in [0.1, 0.15) is 12.4 Å². The van der Waals surface area contributed by atoms with Crippen LogP contribution in [-0.2, 0) is 11.4 Å². The fourth-order valence-corrected chi connectivity index (χ4v) is 3.95. The highest BCUT2D eigenvalue weighted by molar-refractivity contribution is 7.99. The van der Waals surface area contributed by atoms with Crippen molar-refractivity contribution in [3.8, 4) is 11.4 Å². The molecular weight excluding hydrogens is 460 g/mol. The summed E-state index contributed by atoms with van der Waals surface area (Å²) in [6.45, 7) is 0.246. The largest absolute Gasteiger partial charge is 0.486 e. The van der Waals surface area contributed by atoms with E-state index in [0.29, 0.717) is 11.0 Å². The van der Waals surface area contributed by atoms with Crippen LogP contribution >= 0.6 is 11.8 Å². The molecule has 0 saturated heterocycles. The lowest BCUT2D eigenvalue weighted by Crippen LogP contribution is -2.20. The zero-order valence-corrected chi connectivity index (χ0v) is 20.4. The molecule has 3 aromatic carbocycles. The number of anilines is 1. The molecule has 1 aromatic heterocycles. The first-order valence-corrected chi connectivity index (χ1v) is 12.0. The summed E-state index contributed by atoms with van der Waals surface area (Å²) in [6.07, 6.45) is 1.62. The molecular formula is C26H26N6O2S. The number of benzene rings is 3. The quantitative estimate of drug-likeness (QED) is 0.206. The Morgan fingerprint density at radius 1 is 1.00 bits per heavy atom. The first-order chi connectivity index (χ1) is 17.1. The number of hydrazone groups is 1. The molecule has 1 heterocycles. The van der Waals surface area contributed by atoms with Gasteiger partial charge in [-0.05, 0) is 42.0 Å². The summed E-state index contributed by atoms with van der Waals surface area (Å²) in [6, 6.07) is 27.2. The molecule has 0 unspecified atom stereocenters. The SMILES string of the molecule is CN(C)c1ccc(/C=N/NC(=O)CSc2nnc(COc3ccccc3)n2-c2ccccc2)cc1. The number of hydrogen-bond acceptors (Lipinski definition) is 7. The summed E-state index contributed by atoms with van der Waals surface area (Å²) >= 11 is 1.29. The molecule has 35 heavy (non-hydrogen) atoms. The highest BCUT2D eigenvalue weighted by Crippen LogP contribution is 2.23. The number of nitrogens with one attached hydrogen (secondary N) is 1. The standard InChI is InChI=1S/C26H26N6O2S/c1-31(2)21-15-13-20(14-16-21)17-27-29-25(33)19-35-26-30-28-24(18-34-23-11-7-4-8-12-23)32(26)22-9-5-3-6-10-22/h3-17H,18-19H2,1-2H3,(H,29,33)/b27-17+. The Morgan fingerprint density at radius 3 is 2.37 bits per heavy atom. The van der Waals surface area contributed by atoms with Gasteiger partial charge in [-0.15, -0.1) is 10.2 Å². The number of ether oxygens (including phenoxy) is 1. The van der Waals surface area contributed by atoms with Gasteiger partial charge in [-0.2, -0.15) is 5.10 Å². The van der Waals surface area contributed by atoms with Crippen LogP contribution in [0.3, 0.4) is 0 Å². The van der Waals surface area contributed by atoms with Crippen molar-refractivity contribution in [3.63, 3.8) is 0 Å². The van der Waals surface area contributed by atoms with Crippen molar-refractivity contribution in [2.45, 2.75) is 11.8 Å². The van der Waals surface area contributed by atoms with Crippen molar-refractivity contribution in [2.24, 2.45) is 5.10 Å². The van der Waals surface area contributed by atoms with E-state index < -0.39 is 0 Å². The van der Waals surface area contributed by atoms with Gasteiger partial charge in [0.15, 0.2) is 11.0 Å². The molecule has 1 amide bonds. The number of hydrogen-bond donors (Lipinski definition) is 1. The number of carbonyl (C=O) groups excluding carboxylic acids is 1. The Labute approximate surface area is 208 Å². The van der Waals surface area contributed by atoms with Crippen LogP contribution in [0.4, 0.5) is 5.69 Å². The Kier molecular flexibility index (Phi) is 8.13. The second kappa shape index (κ2) is 11.8. The van der Waals surface area contributed by atoms with Crippen molar-refractivity contribution in [1.29, 1.82) is 0 Å². The summed E-state index contributed by atoms with van der Waals surface area (Å²) < 4.78 is 7.77. The topological polar surface area (TPSA) is 84.6 Å². The number of thioether (sulfide) groups is 1. The molecule has 0 radical (unpaired) electrons. The number of carbonyl (C=O) groups is 1. The monoisotopic (exact) mass is 486 g/mol. The van der Waals surface area contributed by atoms with Crippen LogP contribution in [0, 0.1) is 0 Å². The van der Waals surface area contributed by atoms with Gasteiger partial charge in [0, 0.05) is 25.5 Å². The average molecular weight is 487 g/mol. The molecule has 4 rings (SSSR count). The fraction of sp³-hybridized carbons (Fsp3) is 0.154. The van der Waals surface area contributed by atoms with Crippen LogP contribution in [0.15, 0.2) is 95.2 Å². The van der Waals surface area contributed by atoms with Gasteiger partial charge in [0.25, 0.3) is 5.91 Å². The lowest BCUT2D eigenvalue weighted by atomic mass is 10.2. The molecule has 8 nitrogen and oxygen atoms in total. The Hall–Kier alpha value is -4.11. The molecule has 178 valence electrons. The molecule has 0 aliphatic heterocycles. The maximum Gasteiger partial charge on any atom is 0.250 e. The van der Waals surface area contributed by atoms with Gasteiger partial charge < -0.3 is 9.64 Å². The molecule has 9 heteroatoms. The summed E-state index contributed by atoms with van der Waals surface area (Å²) in [7, 11) is 3.97. The first kappa shape index (κ1) is 24.0. The highest BCUT2D eigenvalue weighted by Gasteiger charge is 2.16. The first-order valence-electron chi connectivity index (χ1n) is 11.0. The molecule has 4 aromatic rings. The summed E-state index contributed by atoms with van der Waals surface area (Å²) in [4.78, 5) is 14.4. The van der Waals surface area contributed by atoms with Crippen molar-refractivity contribution >= 4 is 29.6 Å². The van der Waals surface area contributed by atoms with E-state index >= 15 is 0 Å². The Balaban J connectivity index is 1.39. The minimum absolute atomic E-state index is 0.140. The lowest BCUT2D eigenvalue weighted by Gasteiger charge is -2.11. The predicted molar refractivity (Wildman–Crippen MR) is 139 cm³/mol. The van der Waals surface area contributed by atoms with Crippen LogP contribution in [-0.4, -0.2) is 46.7 Å². The molecule has 0 atom stereocenters. The van der Waals surface area contributed by atoms with E-state index in [1.807, 2.05) is 108 Å². The van der Waals surface area contributed by atoms with E-state index in [1.54, 1.807) is 6.21 Å². The molecule has 1 N–H and O–H groups in total. The molecule has 0 bridgehead atoms.